The highest BCUT2D eigenvalue weighted by Gasteiger charge is 2.23. The van der Waals surface area contributed by atoms with Crippen molar-refractivity contribution in [3.63, 3.8) is 0 Å². The Hall–Kier alpha value is -2.38. The summed E-state index contributed by atoms with van der Waals surface area (Å²) in [6.07, 6.45) is 0.919. The molecule has 0 aliphatic heterocycles. The fraction of sp³-hybridized carbons (Fsp3) is 0.0455. The molecule has 3 aromatic carbocycles. The Bertz CT molecular complexity index is 1090. The Kier molecular flexibility index (Phi) is 4.88. The van der Waals surface area contributed by atoms with Crippen LogP contribution in [-0.4, -0.2) is 4.98 Å². The highest BCUT2D eigenvalue weighted by atomic mass is 127. The van der Waals surface area contributed by atoms with Gasteiger partial charge in [-0.05, 0) is 41.0 Å². The number of ether oxygens (including phenoxy) is 1. The minimum atomic E-state index is 0. The number of aromatic nitrogens is 1. The summed E-state index contributed by atoms with van der Waals surface area (Å²) in [5, 5.41) is 0.652. The van der Waals surface area contributed by atoms with E-state index in [0.717, 1.165) is 23.6 Å². The Morgan fingerprint density at radius 1 is 0.852 bits per heavy atom. The van der Waals surface area contributed by atoms with Crippen LogP contribution in [0.4, 0.5) is 5.13 Å². The first-order chi connectivity index (χ1) is 12.8. The predicted molar refractivity (Wildman–Crippen MR) is 122 cm³/mol. The largest absolute Gasteiger partial charge is 0.457 e. The molecule has 5 heteroatoms. The van der Waals surface area contributed by atoms with Gasteiger partial charge in [0.15, 0.2) is 5.13 Å². The van der Waals surface area contributed by atoms with Crippen molar-refractivity contribution < 1.29 is 4.74 Å². The van der Waals surface area contributed by atoms with E-state index in [1.807, 2.05) is 42.5 Å². The molecule has 1 aromatic heterocycles. The van der Waals surface area contributed by atoms with Crippen LogP contribution in [-0.2, 0) is 6.42 Å². The molecular formula is C22H17IN2OS. The molecule has 0 saturated heterocycles. The van der Waals surface area contributed by atoms with Crippen molar-refractivity contribution in [2.75, 3.05) is 5.73 Å². The van der Waals surface area contributed by atoms with Crippen molar-refractivity contribution in [3.8, 4) is 33.9 Å². The zero-order chi connectivity index (χ0) is 17.5. The van der Waals surface area contributed by atoms with Gasteiger partial charge >= 0.3 is 0 Å². The topological polar surface area (TPSA) is 48.1 Å². The molecule has 1 aliphatic carbocycles. The zero-order valence-corrected chi connectivity index (χ0v) is 17.5. The van der Waals surface area contributed by atoms with Gasteiger partial charge in [0.1, 0.15) is 11.5 Å². The highest BCUT2D eigenvalue weighted by molar-refractivity contribution is 14.0. The molecule has 0 bridgehead atoms. The second-order valence-corrected chi connectivity index (χ2v) is 7.43. The third-order valence-corrected chi connectivity index (χ3v) is 5.48. The SMILES string of the molecule is I.Nc1nc2c(s1)Cc1cc(-c3ccc(Oc4ccccc4)cc3)ccc1-2. The average Bonchev–Trinajstić information content (AvgIpc) is 3.18. The fourth-order valence-electron chi connectivity index (χ4n) is 3.36. The maximum atomic E-state index is 5.87. The molecule has 0 radical (unpaired) electrons. The number of fused-ring (bicyclic) bond motifs is 3. The predicted octanol–water partition coefficient (Wildman–Crippen LogP) is 6.37. The summed E-state index contributed by atoms with van der Waals surface area (Å²) in [4.78, 5) is 5.73. The third kappa shape index (κ3) is 3.44. The van der Waals surface area contributed by atoms with E-state index in [4.69, 9.17) is 10.5 Å². The van der Waals surface area contributed by atoms with Gasteiger partial charge in [0.2, 0.25) is 0 Å². The summed E-state index contributed by atoms with van der Waals surface area (Å²) < 4.78 is 5.87. The Morgan fingerprint density at radius 3 is 2.33 bits per heavy atom. The van der Waals surface area contributed by atoms with Crippen LogP contribution in [0.3, 0.4) is 0 Å². The highest BCUT2D eigenvalue weighted by Crippen LogP contribution is 2.41. The van der Waals surface area contributed by atoms with Gasteiger partial charge in [0.25, 0.3) is 0 Å². The molecule has 0 saturated carbocycles. The van der Waals surface area contributed by atoms with Gasteiger partial charge in [-0.2, -0.15) is 0 Å². The zero-order valence-electron chi connectivity index (χ0n) is 14.4. The first kappa shape index (κ1) is 18.0. The van der Waals surface area contributed by atoms with E-state index in [-0.39, 0.29) is 24.0 Å². The first-order valence-electron chi connectivity index (χ1n) is 8.48. The Morgan fingerprint density at radius 2 is 1.56 bits per heavy atom. The number of nitrogen functional groups attached to an aromatic ring is 1. The van der Waals surface area contributed by atoms with E-state index in [1.165, 1.54) is 27.1 Å². The van der Waals surface area contributed by atoms with Crippen LogP contribution in [0.25, 0.3) is 22.4 Å². The van der Waals surface area contributed by atoms with Crippen molar-refractivity contribution in [2.45, 2.75) is 6.42 Å². The van der Waals surface area contributed by atoms with Crippen LogP contribution >= 0.6 is 35.3 Å². The second kappa shape index (κ2) is 7.32. The van der Waals surface area contributed by atoms with Crippen molar-refractivity contribution in [3.05, 3.63) is 83.2 Å². The van der Waals surface area contributed by atoms with Crippen LogP contribution < -0.4 is 10.5 Å². The summed E-state index contributed by atoms with van der Waals surface area (Å²) >= 11 is 1.59. The van der Waals surface area contributed by atoms with Gasteiger partial charge in [-0.1, -0.05) is 48.5 Å². The summed E-state index contributed by atoms with van der Waals surface area (Å²) in [6, 6.07) is 24.6. The quantitative estimate of drug-likeness (QED) is 0.303. The van der Waals surface area contributed by atoms with Crippen LogP contribution in [0.15, 0.2) is 72.8 Å². The molecule has 2 N–H and O–H groups in total. The molecule has 0 spiro atoms. The summed E-state index contributed by atoms with van der Waals surface area (Å²) in [5.74, 6) is 1.68. The Balaban J connectivity index is 0.00000180. The van der Waals surface area contributed by atoms with Crippen molar-refractivity contribution in [2.24, 2.45) is 0 Å². The monoisotopic (exact) mass is 484 g/mol. The number of nitrogens with zero attached hydrogens (tertiary/aromatic N) is 1. The lowest BCUT2D eigenvalue weighted by molar-refractivity contribution is 0.483. The van der Waals surface area contributed by atoms with Crippen LogP contribution in [0.1, 0.15) is 10.4 Å². The number of para-hydroxylation sites is 1. The van der Waals surface area contributed by atoms with E-state index < -0.39 is 0 Å². The molecule has 0 fully saturated rings. The van der Waals surface area contributed by atoms with Gasteiger partial charge < -0.3 is 10.5 Å². The normalized spacial score (nSPS) is 11.4. The molecule has 0 unspecified atom stereocenters. The lowest BCUT2D eigenvalue weighted by atomic mass is 10.00. The number of rotatable bonds is 3. The van der Waals surface area contributed by atoms with E-state index in [2.05, 4.69) is 35.3 Å². The third-order valence-electron chi connectivity index (χ3n) is 4.59. The summed E-state index contributed by atoms with van der Waals surface area (Å²) in [7, 11) is 0. The van der Waals surface area contributed by atoms with Gasteiger partial charge in [0.05, 0.1) is 5.69 Å². The summed E-state index contributed by atoms with van der Waals surface area (Å²) in [5.41, 5.74) is 11.8. The fourth-order valence-corrected chi connectivity index (χ4v) is 4.23. The molecule has 3 nitrogen and oxygen atoms in total. The van der Waals surface area contributed by atoms with E-state index in [0.29, 0.717) is 5.13 Å². The lowest BCUT2D eigenvalue weighted by Gasteiger charge is -2.08. The number of halogens is 1. The molecule has 1 aliphatic rings. The average molecular weight is 484 g/mol. The lowest BCUT2D eigenvalue weighted by Crippen LogP contribution is -1.87. The molecule has 134 valence electrons. The number of nitrogens with two attached hydrogens (primary N) is 1. The van der Waals surface area contributed by atoms with E-state index in [1.54, 1.807) is 11.3 Å². The first-order valence-corrected chi connectivity index (χ1v) is 9.30. The van der Waals surface area contributed by atoms with Gasteiger partial charge in [-0.3, -0.25) is 0 Å². The maximum absolute atomic E-state index is 5.87. The molecule has 27 heavy (non-hydrogen) atoms. The van der Waals surface area contributed by atoms with E-state index in [9.17, 15) is 0 Å². The van der Waals surface area contributed by atoms with Crippen LogP contribution in [0.5, 0.6) is 11.5 Å². The molecule has 5 rings (SSSR count). The van der Waals surface area contributed by atoms with Crippen LogP contribution in [0.2, 0.25) is 0 Å². The number of anilines is 1. The minimum absolute atomic E-state index is 0. The molecular weight excluding hydrogens is 467 g/mol. The van der Waals surface area contributed by atoms with Crippen molar-refractivity contribution in [1.29, 1.82) is 0 Å². The number of benzene rings is 3. The Labute approximate surface area is 178 Å². The molecule has 1 heterocycles. The molecule has 4 aromatic rings. The molecule has 0 amide bonds. The number of thiazole rings is 1. The second-order valence-electron chi connectivity index (χ2n) is 6.31. The van der Waals surface area contributed by atoms with Gasteiger partial charge in [0, 0.05) is 16.9 Å². The van der Waals surface area contributed by atoms with Crippen molar-refractivity contribution >= 4 is 40.4 Å². The minimum Gasteiger partial charge on any atom is -0.457 e. The number of hydrogen-bond acceptors (Lipinski definition) is 4. The number of hydrogen-bond donors (Lipinski definition) is 1. The van der Waals surface area contributed by atoms with Crippen molar-refractivity contribution in [1.82, 2.24) is 4.98 Å². The molecule has 0 atom stereocenters. The maximum Gasteiger partial charge on any atom is 0.180 e. The van der Waals surface area contributed by atoms with Crippen LogP contribution in [0, 0.1) is 0 Å². The van der Waals surface area contributed by atoms with E-state index >= 15 is 0 Å². The smallest absolute Gasteiger partial charge is 0.180 e. The van der Waals surface area contributed by atoms with Gasteiger partial charge in [-0.25, -0.2) is 4.98 Å². The standard InChI is InChI=1S/C22H16N2OS.HI/c23-22-24-21-19-11-8-15(12-16(19)13-20(21)26-22)14-6-9-18(10-7-14)25-17-4-2-1-3-5-17;/h1-12H,13H2,(H2,23,24);1H. The summed E-state index contributed by atoms with van der Waals surface area (Å²) in [6.45, 7) is 0. The van der Waals surface area contributed by atoms with Gasteiger partial charge in [-0.15, -0.1) is 35.3 Å².